The van der Waals surface area contributed by atoms with Crippen molar-refractivity contribution < 1.29 is 9.53 Å². The molecule has 6 nitrogen and oxygen atoms in total. The number of nitrogens with two attached hydrogens (primary N) is 1. The molecular formula is C24H22N4O2. The van der Waals surface area contributed by atoms with E-state index < -0.39 is 0 Å². The number of ether oxygens (including phenoxy) is 1. The Balaban J connectivity index is 1.46. The number of aromatic nitrogens is 2. The van der Waals surface area contributed by atoms with Crippen LogP contribution in [0.5, 0.6) is 5.75 Å². The molecule has 6 heteroatoms. The number of nitrogens with one attached hydrogen (secondary N) is 1. The van der Waals surface area contributed by atoms with Gasteiger partial charge in [0.05, 0.1) is 17.6 Å². The molecule has 1 aliphatic rings. The number of hydrogen-bond donors (Lipinski definition) is 2. The van der Waals surface area contributed by atoms with Crippen molar-refractivity contribution in [1.29, 1.82) is 0 Å². The van der Waals surface area contributed by atoms with Crippen molar-refractivity contribution in [2.75, 3.05) is 18.9 Å². The van der Waals surface area contributed by atoms with Crippen molar-refractivity contribution in [1.82, 2.24) is 14.9 Å². The molecule has 4 aromatic rings. The lowest BCUT2D eigenvalue weighted by Gasteiger charge is -2.20. The Labute approximate surface area is 174 Å². The number of aromatic amines is 1. The first-order chi connectivity index (χ1) is 14.6. The molecule has 0 atom stereocenters. The molecule has 0 unspecified atom stereocenters. The fourth-order valence-electron chi connectivity index (χ4n) is 3.87. The van der Waals surface area contributed by atoms with E-state index in [-0.39, 0.29) is 5.91 Å². The Kier molecular flexibility index (Phi) is 4.39. The van der Waals surface area contributed by atoms with Gasteiger partial charge in [-0.3, -0.25) is 4.79 Å². The van der Waals surface area contributed by atoms with Crippen molar-refractivity contribution in [3.63, 3.8) is 0 Å². The van der Waals surface area contributed by atoms with Crippen LogP contribution in [0.25, 0.3) is 22.2 Å². The first-order valence-corrected chi connectivity index (χ1v) is 9.94. The molecule has 2 heterocycles. The summed E-state index contributed by atoms with van der Waals surface area (Å²) in [5.74, 6) is 1.70. The Morgan fingerprint density at radius 3 is 2.67 bits per heavy atom. The van der Waals surface area contributed by atoms with Crippen LogP contribution in [0.3, 0.4) is 0 Å². The number of fused-ring (bicyclic) bond motifs is 2. The Bertz CT molecular complexity index is 1240. The molecule has 0 fully saturated rings. The molecule has 0 saturated carbocycles. The van der Waals surface area contributed by atoms with Gasteiger partial charge < -0.3 is 20.4 Å². The van der Waals surface area contributed by atoms with Gasteiger partial charge in [0.25, 0.3) is 5.91 Å². The molecule has 0 radical (unpaired) electrons. The van der Waals surface area contributed by atoms with Crippen molar-refractivity contribution >= 4 is 22.6 Å². The van der Waals surface area contributed by atoms with Crippen LogP contribution in [0.2, 0.25) is 0 Å². The lowest BCUT2D eigenvalue weighted by Crippen LogP contribution is -2.32. The molecule has 30 heavy (non-hydrogen) atoms. The maximum absolute atomic E-state index is 13.0. The number of carbonyl (C=O) groups excluding carboxylic acids is 1. The van der Waals surface area contributed by atoms with Gasteiger partial charge in [0.2, 0.25) is 0 Å². The van der Waals surface area contributed by atoms with Gasteiger partial charge in [-0.2, -0.15) is 0 Å². The predicted molar refractivity (Wildman–Crippen MR) is 117 cm³/mol. The first kappa shape index (κ1) is 18.2. The summed E-state index contributed by atoms with van der Waals surface area (Å²) in [5, 5.41) is 0. The molecular weight excluding hydrogens is 376 g/mol. The van der Waals surface area contributed by atoms with E-state index in [1.165, 1.54) is 0 Å². The van der Waals surface area contributed by atoms with E-state index in [2.05, 4.69) is 34.2 Å². The van der Waals surface area contributed by atoms with E-state index >= 15 is 0 Å². The molecule has 3 N–H and O–H groups in total. The fraction of sp³-hybridized carbons (Fsp3) is 0.167. The SMILES string of the molecule is Cc1nc2ccc(-c3ccc4c(c3)CN(C(=O)c3ccc(N)cc3)CCO4)cc2[nH]1. The molecule has 1 amide bonds. The lowest BCUT2D eigenvalue weighted by molar-refractivity contribution is 0.0733. The molecule has 0 aliphatic carbocycles. The summed E-state index contributed by atoms with van der Waals surface area (Å²) < 4.78 is 5.92. The number of anilines is 1. The number of amides is 1. The van der Waals surface area contributed by atoms with Gasteiger partial charge in [0.15, 0.2) is 0 Å². The van der Waals surface area contributed by atoms with E-state index in [9.17, 15) is 4.79 Å². The summed E-state index contributed by atoms with van der Waals surface area (Å²) in [7, 11) is 0. The van der Waals surface area contributed by atoms with Gasteiger partial charge in [0.1, 0.15) is 18.2 Å². The highest BCUT2D eigenvalue weighted by atomic mass is 16.5. The minimum Gasteiger partial charge on any atom is -0.491 e. The number of nitrogens with zero attached hydrogens (tertiary/aromatic N) is 2. The second kappa shape index (κ2) is 7.22. The van der Waals surface area contributed by atoms with Crippen molar-refractivity contribution in [2.45, 2.75) is 13.5 Å². The summed E-state index contributed by atoms with van der Waals surface area (Å²) in [4.78, 5) is 22.6. The van der Waals surface area contributed by atoms with Crippen LogP contribution in [0.15, 0.2) is 60.7 Å². The molecule has 5 rings (SSSR count). The fourth-order valence-corrected chi connectivity index (χ4v) is 3.87. The second-order valence-corrected chi connectivity index (χ2v) is 7.57. The lowest BCUT2D eigenvalue weighted by atomic mass is 10.0. The zero-order chi connectivity index (χ0) is 20.7. The smallest absolute Gasteiger partial charge is 0.254 e. The van der Waals surface area contributed by atoms with Crippen molar-refractivity contribution in [3.05, 3.63) is 77.6 Å². The van der Waals surface area contributed by atoms with E-state index in [1.807, 2.05) is 24.0 Å². The third-order valence-electron chi connectivity index (χ3n) is 5.42. The van der Waals surface area contributed by atoms with Gasteiger partial charge in [-0.25, -0.2) is 4.98 Å². The minimum absolute atomic E-state index is 0.0220. The number of rotatable bonds is 2. The largest absolute Gasteiger partial charge is 0.491 e. The zero-order valence-electron chi connectivity index (χ0n) is 16.7. The minimum atomic E-state index is -0.0220. The molecule has 1 aliphatic heterocycles. The molecule has 0 bridgehead atoms. The standard InChI is InChI=1S/C24H22N4O2/c1-15-26-21-8-4-18(13-22(21)27-15)17-5-9-23-19(12-17)14-28(10-11-30-23)24(29)16-2-6-20(25)7-3-16/h2-9,12-13H,10-11,14,25H2,1H3,(H,26,27). The third-order valence-corrected chi connectivity index (χ3v) is 5.42. The summed E-state index contributed by atoms with van der Waals surface area (Å²) in [6.45, 7) is 3.45. The summed E-state index contributed by atoms with van der Waals surface area (Å²) in [6, 6.07) is 19.4. The average Bonchev–Trinajstić information content (AvgIpc) is 2.99. The number of aryl methyl sites for hydroxylation is 1. The van der Waals surface area contributed by atoms with Crippen molar-refractivity contribution in [3.8, 4) is 16.9 Å². The Morgan fingerprint density at radius 2 is 1.83 bits per heavy atom. The molecule has 0 saturated heterocycles. The number of benzene rings is 3. The quantitative estimate of drug-likeness (QED) is 0.497. The van der Waals surface area contributed by atoms with Crippen LogP contribution in [0.1, 0.15) is 21.7 Å². The molecule has 3 aromatic carbocycles. The average molecular weight is 398 g/mol. The summed E-state index contributed by atoms with van der Waals surface area (Å²) in [6.07, 6.45) is 0. The van der Waals surface area contributed by atoms with Gasteiger partial charge in [-0.1, -0.05) is 12.1 Å². The van der Waals surface area contributed by atoms with Crippen LogP contribution in [-0.4, -0.2) is 33.9 Å². The van der Waals surface area contributed by atoms with Gasteiger partial charge in [-0.15, -0.1) is 0 Å². The second-order valence-electron chi connectivity index (χ2n) is 7.57. The number of carbonyl (C=O) groups is 1. The predicted octanol–water partition coefficient (Wildman–Crippen LogP) is 4.16. The van der Waals surface area contributed by atoms with Crippen LogP contribution in [-0.2, 0) is 6.54 Å². The monoisotopic (exact) mass is 398 g/mol. The zero-order valence-corrected chi connectivity index (χ0v) is 16.7. The highest BCUT2D eigenvalue weighted by Crippen LogP contribution is 2.31. The highest BCUT2D eigenvalue weighted by Gasteiger charge is 2.21. The molecule has 1 aromatic heterocycles. The topological polar surface area (TPSA) is 84.2 Å². The van der Waals surface area contributed by atoms with E-state index in [0.29, 0.717) is 30.9 Å². The van der Waals surface area contributed by atoms with E-state index in [1.54, 1.807) is 24.3 Å². The number of hydrogen-bond acceptors (Lipinski definition) is 4. The van der Waals surface area contributed by atoms with Gasteiger partial charge in [-0.05, 0) is 66.6 Å². The van der Waals surface area contributed by atoms with Gasteiger partial charge >= 0.3 is 0 Å². The van der Waals surface area contributed by atoms with Crippen LogP contribution in [0, 0.1) is 6.92 Å². The van der Waals surface area contributed by atoms with E-state index in [0.717, 1.165) is 39.3 Å². The summed E-state index contributed by atoms with van der Waals surface area (Å²) >= 11 is 0. The normalized spacial score (nSPS) is 13.6. The number of imidazole rings is 1. The van der Waals surface area contributed by atoms with Crippen molar-refractivity contribution in [2.24, 2.45) is 0 Å². The maximum Gasteiger partial charge on any atom is 0.254 e. The highest BCUT2D eigenvalue weighted by molar-refractivity contribution is 5.94. The molecule has 150 valence electrons. The maximum atomic E-state index is 13.0. The third kappa shape index (κ3) is 3.37. The van der Waals surface area contributed by atoms with Gasteiger partial charge in [0, 0.05) is 23.4 Å². The first-order valence-electron chi connectivity index (χ1n) is 9.94. The van der Waals surface area contributed by atoms with Crippen LogP contribution in [0.4, 0.5) is 5.69 Å². The van der Waals surface area contributed by atoms with Crippen LogP contribution < -0.4 is 10.5 Å². The Morgan fingerprint density at radius 1 is 1.07 bits per heavy atom. The van der Waals surface area contributed by atoms with E-state index in [4.69, 9.17) is 10.5 Å². The summed E-state index contributed by atoms with van der Waals surface area (Å²) in [5.41, 5.74) is 12.2. The molecule has 0 spiro atoms. The number of H-pyrrole nitrogens is 1. The van der Waals surface area contributed by atoms with Crippen LogP contribution >= 0.6 is 0 Å². The number of nitrogen functional groups attached to an aromatic ring is 1. The Hall–Kier alpha value is -3.80.